The average molecular weight is 168 g/mol. The van der Waals surface area contributed by atoms with E-state index in [0.717, 1.165) is 0 Å². The van der Waals surface area contributed by atoms with Crippen LogP contribution in [0.15, 0.2) is 11.6 Å². The van der Waals surface area contributed by atoms with Crippen LogP contribution < -0.4 is 0 Å². The highest BCUT2D eigenvalue weighted by atomic mass is 16.5. The highest BCUT2D eigenvalue weighted by molar-refractivity contribution is 6.13. The van der Waals surface area contributed by atoms with Crippen molar-refractivity contribution in [2.75, 3.05) is 7.11 Å². The van der Waals surface area contributed by atoms with Crippen molar-refractivity contribution < 1.29 is 19.1 Å². The largest absolute Gasteiger partial charge is 0.466 e. The van der Waals surface area contributed by atoms with E-state index in [1.54, 1.807) is 0 Å². The van der Waals surface area contributed by atoms with Gasteiger partial charge >= 0.3 is 5.97 Å². The third-order valence-electron chi connectivity index (χ3n) is 1.54. The third-order valence-corrected chi connectivity index (χ3v) is 1.54. The second-order valence-corrected chi connectivity index (χ2v) is 2.52. The Kier molecular flexibility index (Phi) is 2.38. The van der Waals surface area contributed by atoms with Crippen LogP contribution in [0.5, 0.6) is 0 Å². The van der Waals surface area contributed by atoms with Gasteiger partial charge in [0.2, 0.25) is 0 Å². The van der Waals surface area contributed by atoms with Crippen LogP contribution in [0.2, 0.25) is 0 Å². The van der Waals surface area contributed by atoms with Crippen LogP contribution in [-0.4, -0.2) is 24.6 Å². The van der Waals surface area contributed by atoms with Crippen molar-refractivity contribution in [1.82, 2.24) is 0 Å². The molecule has 0 saturated carbocycles. The smallest absolute Gasteiger partial charge is 0.334 e. The van der Waals surface area contributed by atoms with E-state index >= 15 is 0 Å². The first kappa shape index (κ1) is 8.64. The summed E-state index contributed by atoms with van der Waals surface area (Å²) in [5, 5.41) is 0. The molecule has 4 heteroatoms. The van der Waals surface area contributed by atoms with Crippen molar-refractivity contribution in [2.45, 2.75) is 12.8 Å². The van der Waals surface area contributed by atoms with Gasteiger partial charge in [0.25, 0.3) is 0 Å². The van der Waals surface area contributed by atoms with Crippen LogP contribution in [0.3, 0.4) is 0 Å². The van der Waals surface area contributed by atoms with Crippen molar-refractivity contribution in [3.63, 3.8) is 0 Å². The predicted molar refractivity (Wildman–Crippen MR) is 39.3 cm³/mol. The van der Waals surface area contributed by atoms with Gasteiger partial charge in [-0.15, -0.1) is 0 Å². The van der Waals surface area contributed by atoms with Gasteiger partial charge in [-0.1, -0.05) is 0 Å². The van der Waals surface area contributed by atoms with E-state index in [4.69, 9.17) is 0 Å². The van der Waals surface area contributed by atoms with Crippen molar-refractivity contribution in [3.05, 3.63) is 11.6 Å². The molecule has 0 amide bonds. The highest BCUT2D eigenvalue weighted by Crippen LogP contribution is 2.12. The summed E-state index contributed by atoms with van der Waals surface area (Å²) in [6.07, 6.45) is 1.09. The Morgan fingerprint density at radius 3 is 2.58 bits per heavy atom. The first-order valence-electron chi connectivity index (χ1n) is 3.47. The molecule has 1 aliphatic rings. The maximum absolute atomic E-state index is 10.9. The molecular formula is C8H8O4. The summed E-state index contributed by atoms with van der Waals surface area (Å²) in [7, 11) is 1.22. The molecule has 0 aromatic carbocycles. The first-order chi connectivity index (χ1) is 5.63. The number of methoxy groups -OCH3 is 1. The summed E-state index contributed by atoms with van der Waals surface area (Å²) >= 11 is 0. The Balaban J connectivity index is 2.83. The Morgan fingerprint density at radius 2 is 2.08 bits per heavy atom. The lowest BCUT2D eigenvalue weighted by Crippen LogP contribution is -2.18. The van der Waals surface area contributed by atoms with Gasteiger partial charge in [-0.25, -0.2) is 4.79 Å². The number of carbonyl (C=O) groups excluding carboxylic acids is 3. The Hall–Kier alpha value is -1.45. The fourth-order valence-electron chi connectivity index (χ4n) is 1.03. The minimum atomic E-state index is -0.601. The lowest BCUT2D eigenvalue weighted by Gasteiger charge is -2.08. The minimum absolute atomic E-state index is 0.0123. The van der Waals surface area contributed by atoms with Crippen LogP contribution in [-0.2, 0) is 19.1 Å². The van der Waals surface area contributed by atoms with E-state index in [1.165, 1.54) is 13.2 Å². The van der Waals surface area contributed by atoms with Crippen LogP contribution in [0, 0.1) is 0 Å². The third kappa shape index (κ3) is 1.78. The molecule has 0 unspecified atom stereocenters. The zero-order valence-corrected chi connectivity index (χ0v) is 6.62. The van der Waals surface area contributed by atoms with Crippen LogP contribution in [0.4, 0.5) is 0 Å². The van der Waals surface area contributed by atoms with Gasteiger partial charge < -0.3 is 4.74 Å². The number of rotatable bonds is 1. The molecule has 0 radical (unpaired) electrons. The molecule has 0 bridgehead atoms. The lowest BCUT2D eigenvalue weighted by atomic mass is 9.98. The summed E-state index contributed by atoms with van der Waals surface area (Å²) in [5.74, 6) is -1.16. The topological polar surface area (TPSA) is 60.4 Å². The molecule has 0 saturated heterocycles. The molecule has 0 aliphatic heterocycles. The summed E-state index contributed by atoms with van der Waals surface area (Å²) in [5.41, 5.74) is 0.152. The molecule has 1 rings (SSSR count). The van der Waals surface area contributed by atoms with Crippen molar-refractivity contribution >= 4 is 17.5 Å². The monoisotopic (exact) mass is 168 g/mol. The molecule has 64 valence electrons. The number of hydrogen-bond donors (Lipinski definition) is 0. The molecule has 1 aliphatic carbocycles. The van der Waals surface area contributed by atoms with Gasteiger partial charge in [-0.05, 0) is 6.08 Å². The van der Waals surface area contributed by atoms with E-state index in [-0.39, 0.29) is 30.0 Å². The Labute approximate surface area is 69.2 Å². The van der Waals surface area contributed by atoms with Gasteiger partial charge in [0.05, 0.1) is 13.5 Å². The molecule has 0 N–H and O–H groups in total. The number of hydrogen-bond acceptors (Lipinski definition) is 4. The van der Waals surface area contributed by atoms with Crippen molar-refractivity contribution in [2.24, 2.45) is 0 Å². The fraction of sp³-hybridized carbons (Fsp3) is 0.375. The highest BCUT2D eigenvalue weighted by Gasteiger charge is 2.22. The Bertz CT molecular complexity index is 275. The molecule has 4 nitrogen and oxygen atoms in total. The second kappa shape index (κ2) is 3.30. The number of Topliss-reactive ketones (excluding diaryl/α,β-unsaturated/α-hetero) is 1. The van der Waals surface area contributed by atoms with E-state index in [0.29, 0.717) is 0 Å². The molecule has 0 atom stereocenters. The summed E-state index contributed by atoms with van der Waals surface area (Å²) in [6, 6.07) is 0. The lowest BCUT2D eigenvalue weighted by molar-refractivity contribution is -0.138. The number of ketones is 2. The minimum Gasteiger partial charge on any atom is -0.466 e. The molecule has 0 aromatic heterocycles. The normalized spacial score (nSPS) is 17.2. The number of carbonyl (C=O) groups is 3. The van der Waals surface area contributed by atoms with Gasteiger partial charge in [0.1, 0.15) is 5.78 Å². The SMILES string of the molecule is COC(=O)C1=CC(=O)CC(=O)C1. The standard InChI is InChI=1S/C8H8O4/c1-12-8(11)5-2-6(9)4-7(10)3-5/h2H,3-4H2,1H3. The molecule has 12 heavy (non-hydrogen) atoms. The number of ether oxygens (including phenoxy) is 1. The van der Waals surface area contributed by atoms with Crippen LogP contribution >= 0.6 is 0 Å². The maximum atomic E-state index is 10.9. The van der Waals surface area contributed by atoms with E-state index in [1.807, 2.05) is 0 Å². The number of esters is 1. The molecule has 0 fully saturated rings. The zero-order valence-electron chi connectivity index (χ0n) is 6.62. The average Bonchev–Trinajstić information content (AvgIpc) is 2.01. The molecule has 0 aromatic rings. The summed E-state index contributed by atoms with van der Waals surface area (Å²) in [4.78, 5) is 32.5. The quantitative estimate of drug-likeness (QED) is 0.409. The Morgan fingerprint density at radius 1 is 1.42 bits per heavy atom. The zero-order chi connectivity index (χ0) is 9.14. The van der Waals surface area contributed by atoms with Gasteiger partial charge in [-0.3, -0.25) is 9.59 Å². The second-order valence-electron chi connectivity index (χ2n) is 2.52. The van der Waals surface area contributed by atoms with Gasteiger partial charge in [0, 0.05) is 12.0 Å². The summed E-state index contributed by atoms with van der Waals surface area (Å²) in [6.45, 7) is 0. The van der Waals surface area contributed by atoms with Gasteiger partial charge in [-0.2, -0.15) is 0 Å². The maximum Gasteiger partial charge on any atom is 0.334 e. The molecule has 0 heterocycles. The van der Waals surface area contributed by atoms with E-state index in [2.05, 4.69) is 4.74 Å². The van der Waals surface area contributed by atoms with Gasteiger partial charge in [0.15, 0.2) is 5.78 Å². The van der Waals surface area contributed by atoms with Crippen LogP contribution in [0.25, 0.3) is 0 Å². The van der Waals surface area contributed by atoms with E-state index in [9.17, 15) is 14.4 Å². The fourth-order valence-corrected chi connectivity index (χ4v) is 1.03. The van der Waals surface area contributed by atoms with Crippen molar-refractivity contribution in [1.29, 1.82) is 0 Å². The summed E-state index contributed by atoms with van der Waals surface area (Å²) < 4.78 is 4.37. The van der Waals surface area contributed by atoms with Crippen LogP contribution in [0.1, 0.15) is 12.8 Å². The molecular weight excluding hydrogens is 160 g/mol. The van der Waals surface area contributed by atoms with E-state index < -0.39 is 5.97 Å². The number of allylic oxidation sites excluding steroid dienone is 1. The molecule has 0 spiro atoms. The van der Waals surface area contributed by atoms with Crippen molar-refractivity contribution in [3.8, 4) is 0 Å². The first-order valence-corrected chi connectivity index (χ1v) is 3.47. The predicted octanol–water partition coefficient (Wildman–Crippen LogP) is 0.0178.